The summed E-state index contributed by atoms with van der Waals surface area (Å²) in [6.07, 6.45) is 3.39. The van der Waals surface area contributed by atoms with Crippen molar-refractivity contribution in [3.8, 4) is 0 Å². The molecule has 0 radical (unpaired) electrons. The van der Waals surface area contributed by atoms with Crippen molar-refractivity contribution in [3.05, 3.63) is 72.8 Å². The lowest BCUT2D eigenvalue weighted by Gasteiger charge is -2.43. The SMILES string of the molecule is CCOC(=O)C(CO[Si](c1ccccc1)(c1ccccc1)C(C)(C)C)OC/C=C\C[Si](C)(C)C. The summed E-state index contributed by atoms with van der Waals surface area (Å²) in [5, 5.41) is 2.17. The highest BCUT2D eigenvalue weighted by molar-refractivity contribution is 6.99. The van der Waals surface area contributed by atoms with Gasteiger partial charge < -0.3 is 13.9 Å². The van der Waals surface area contributed by atoms with Crippen molar-refractivity contribution in [3.63, 3.8) is 0 Å². The van der Waals surface area contributed by atoms with Crippen molar-refractivity contribution in [2.75, 3.05) is 19.8 Å². The topological polar surface area (TPSA) is 44.8 Å². The Morgan fingerprint density at radius 2 is 1.44 bits per heavy atom. The molecule has 186 valence electrons. The molecule has 0 aliphatic carbocycles. The van der Waals surface area contributed by atoms with Gasteiger partial charge in [0, 0.05) is 8.07 Å². The highest BCUT2D eigenvalue weighted by Crippen LogP contribution is 2.36. The van der Waals surface area contributed by atoms with Gasteiger partial charge in [-0.25, -0.2) is 4.79 Å². The minimum atomic E-state index is -2.76. The Bertz CT molecular complexity index is 860. The van der Waals surface area contributed by atoms with Crippen molar-refractivity contribution in [1.82, 2.24) is 0 Å². The first-order valence-corrected chi connectivity index (χ1v) is 17.8. The second kappa shape index (κ2) is 12.6. The number of hydrogen-bond acceptors (Lipinski definition) is 4. The number of carbonyl (C=O) groups is 1. The first kappa shape index (κ1) is 28.2. The van der Waals surface area contributed by atoms with Crippen LogP contribution in [0.2, 0.25) is 30.7 Å². The molecular weight excluding hydrogens is 456 g/mol. The van der Waals surface area contributed by atoms with Gasteiger partial charge in [0.25, 0.3) is 8.32 Å². The number of benzene rings is 2. The highest BCUT2D eigenvalue weighted by atomic mass is 28.4. The minimum absolute atomic E-state index is 0.147. The van der Waals surface area contributed by atoms with Crippen LogP contribution in [0.5, 0.6) is 0 Å². The van der Waals surface area contributed by atoms with Gasteiger partial charge in [-0.15, -0.1) is 0 Å². The average molecular weight is 499 g/mol. The molecule has 1 unspecified atom stereocenters. The molecule has 0 saturated heterocycles. The molecule has 0 aliphatic heterocycles. The lowest BCUT2D eigenvalue weighted by atomic mass is 10.2. The van der Waals surface area contributed by atoms with Crippen LogP contribution in [0, 0.1) is 0 Å². The Labute approximate surface area is 208 Å². The van der Waals surface area contributed by atoms with E-state index in [0.29, 0.717) is 13.2 Å². The summed E-state index contributed by atoms with van der Waals surface area (Å²) in [6, 6.07) is 21.9. The molecule has 4 nitrogen and oxygen atoms in total. The summed E-state index contributed by atoms with van der Waals surface area (Å²) in [5.74, 6) is -0.376. The summed E-state index contributed by atoms with van der Waals surface area (Å²) in [4.78, 5) is 12.8. The molecule has 2 rings (SSSR count). The summed E-state index contributed by atoms with van der Waals surface area (Å²) in [6.45, 7) is 16.3. The van der Waals surface area contributed by atoms with Gasteiger partial charge in [0.2, 0.25) is 0 Å². The second-order valence-corrected chi connectivity index (χ2v) is 20.6. The van der Waals surface area contributed by atoms with E-state index in [1.807, 2.05) is 25.1 Å². The maximum absolute atomic E-state index is 12.8. The molecule has 0 spiro atoms. The number of carbonyl (C=O) groups excluding carboxylic acids is 1. The van der Waals surface area contributed by atoms with Crippen molar-refractivity contribution in [2.45, 2.75) is 64.5 Å². The number of hydrogen-bond donors (Lipinski definition) is 0. The van der Waals surface area contributed by atoms with E-state index in [2.05, 4.69) is 95.0 Å². The van der Waals surface area contributed by atoms with Gasteiger partial charge in [0.05, 0.1) is 19.8 Å². The first-order chi connectivity index (χ1) is 16.0. The second-order valence-electron chi connectivity index (χ2n) is 10.8. The van der Waals surface area contributed by atoms with Gasteiger partial charge in [0.15, 0.2) is 6.10 Å². The fourth-order valence-corrected chi connectivity index (χ4v) is 9.49. The van der Waals surface area contributed by atoms with Crippen LogP contribution in [-0.2, 0) is 18.7 Å². The number of esters is 1. The van der Waals surface area contributed by atoms with E-state index in [1.54, 1.807) is 0 Å². The fraction of sp³-hybridized carbons (Fsp3) is 0.464. The molecule has 2 aromatic carbocycles. The van der Waals surface area contributed by atoms with Crippen LogP contribution in [0.4, 0.5) is 0 Å². The lowest BCUT2D eigenvalue weighted by Crippen LogP contribution is -2.67. The molecule has 0 bridgehead atoms. The normalized spacial score (nSPS) is 13.7. The zero-order valence-electron chi connectivity index (χ0n) is 22.0. The van der Waals surface area contributed by atoms with E-state index in [-0.39, 0.29) is 17.6 Å². The van der Waals surface area contributed by atoms with Crippen LogP contribution in [0.25, 0.3) is 0 Å². The maximum atomic E-state index is 12.8. The van der Waals surface area contributed by atoms with Crippen LogP contribution in [0.3, 0.4) is 0 Å². The largest absolute Gasteiger partial charge is 0.464 e. The van der Waals surface area contributed by atoms with Crippen LogP contribution in [0.15, 0.2) is 72.8 Å². The van der Waals surface area contributed by atoms with Gasteiger partial charge in [-0.05, 0) is 28.4 Å². The molecule has 0 heterocycles. The van der Waals surface area contributed by atoms with Crippen LogP contribution >= 0.6 is 0 Å². The smallest absolute Gasteiger partial charge is 0.337 e. The maximum Gasteiger partial charge on any atom is 0.337 e. The molecule has 6 heteroatoms. The van der Waals surface area contributed by atoms with Gasteiger partial charge >= 0.3 is 5.97 Å². The summed E-state index contributed by atoms with van der Waals surface area (Å²) in [5.41, 5.74) is 0. The molecule has 0 aliphatic rings. The predicted octanol–water partition coefficient (Wildman–Crippen LogP) is 5.41. The summed E-state index contributed by atoms with van der Waals surface area (Å²) in [7, 11) is -3.92. The van der Waals surface area contributed by atoms with E-state index in [1.165, 1.54) is 10.4 Å². The standard InChI is InChI=1S/C28H42O4Si2/c1-8-30-27(29)26(31-21-15-16-22-33(5,6)7)23-32-34(28(2,3)4,24-17-11-9-12-18-24)25-19-13-10-14-20-25/h9-20,26H,8,21-23H2,1-7H3/b16-15-. The fourth-order valence-electron chi connectivity index (χ4n) is 4.06. The van der Waals surface area contributed by atoms with Crippen LogP contribution < -0.4 is 10.4 Å². The van der Waals surface area contributed by atoms with Crippen molar-refractivity contribution < 1.29 is 18.7 Å². The highest BCUT2D eigenvalue weighted by Gasteiger charge is 2.50. The molecule has 0 amide bonds. The van der Waals surface area contributed by atoms with E-state index < -0.39 is 22.5 Å². The molecular formula is C28H42O4Si2. The van der Waals surface area contributed by atoms with Crippen molar-refractivity contribution >= 4 is 32.7 Å². The molecule has 34 heavy (non-hydrogen) atoms. The van der Waals surface area contributed by atoms with E-state index in [4.69, 9.17) is 13.9 Å². The predicted molar refractivity (Wildman–Crippen MR) is 147 cm³/mol. The van der Waals surface area contributed by atoms with Crippen molar-refractivity contribution in [2.24, 2.45) is 0 Å². The quantitative estimate of drug-likeness (QED) is 0.223. The average Bonchev–Trinajstić information content (AvgIpc) is 2.77. The third-order valence-corrected chi connectivity index (χ3v) is 12.2. The zero-order chi connectivity index (χ0) is 25.2. The summed E-state index contributed by atoms with van der Waals surface area (Å²) < 4.78 is 18.2. The molecule has 0 aromatic heterocycles. The zero-order valence-corrected chi connectivity index (χ0v) is 24.0. The Morgan fingerprint density at radius 1 is 0.912 bits per heavy atom. The van der Waals surface area contributed by atoms with Crippen LogP contribution in [-0.4, -0.2) is 48.3 Å². The van der Waals surface area contributed by atoms with Crippen LogP contribution in [0.1, 0.15) is 27.7 Å². The van der Waals surface area contributed by atoms with E-state index in [9.17, 15) is 4.79 Å². The lowest BCUT2D eigenvalue weighted by molar-refractivity contribution is -0.158. The summed E-state index contributed by atoms with van der Waals surface area (Å²) >= 11 is 0. The monoisotopic (exact) mass is 498 g/mol. The first-order valence-electron chi connectivity index (χ1n) is 12.2. The molecule has 0 fully saturated rings. The Hall–Kier alpha value is -2.00. The Kier molecular flexibility index (Phi) is 10.5. The third kappa shape index (κ3) is 7.77. The number of rotatable bonds is 12. The van der Waals surface area contributed by atoms with Crippen molar-refractivity contribution in [1.29, 1.82) is 0 Å². The van der Waals surface area contributed by atoms with E-state index in [0.717, 1.165) is 6.04 Å². The third-order valence-electron chi connectivity index (χ3n) is 5.71. The Morgan fingerprint density at radius 3 is 1.88 bits per heavy atom. The molecule has 1 atom stereocenters. The van der Waals surface area contributed by atoms with Gasteiger partial charge in [-0.3, -0.25) is 0 Å². The number of allylic oxidation sites excluding steroid dienone is 1. The van der Waals surface area contributed by atoms with Gasteiger partial charge in [-0.1, -0.05) is 113 Å². The van der Waals surface area contributed by atoms with E-state index >= 15 is 0 Å². The molecule has 0 N–H and O–H groups in total. The number of ether oxygens (including phenoxy) is 2. The van der Waals surface area contributed by atoms with Gasteiger partial charge in [0.1, 0.15) is 0 Å². The van der Waals surface area contributed by atoms with Gasteiger partial charge in [-0.2, -0.15) is 0 Å². The molecule has 0 saturated carbocycles. The molecule has 2 aromatic rings. The minimum Gasteiger partial charge on any atom is -0.464 e. The Balaban J connectivity index is 2.35.